The number of hydrogen-bond donors (Lipinski definition) is 0. The highest BCUT2D eigenvalue weighted by molar-refractivity contribution is 6.68. The van der Waals surface area contributed by atoms with Crippen molar-refractivity contribution in [3.05, 3.63) is 0 Å². The second-order valence-electron chi connectivity index (χ2n) is 1.34. The largest absolute Gasteiger partial charge is 0.321 e. The van der Waals surface area contributed by atoms with Gasteiger partial charge in [-0.05, 0) is 0 Å². The summed E-state index contributed by atoms with van der Waals surface area (Å²) in [4.78, 5) is 0. The maximum absolute atomic E-state index is 11.9. The quantitative estimate of drug-likeness (QED) is 0.572. The lowest BCUT2D eigenvalue weighted by molar-refractivity contribution is -0.0183. The van der Waals surface area contributed by atoms with Gasteiger partial charge >= 0.3 is 5.92 Å². The topological polar surface area (TPSA) is 0 Å². The zero-order chi connectivity index (χ0) is 7.71. The smallest absolute Gasteiger partial charge is 0.244 e. The third kappa shape index (κ3) is 2.40. The van der Waals surface area contributed by atoms with E-state index in [1.807, 2.05) is 0 Å². The molecule has 0 aromatic carbocycles. The molecule has 56 valence electrons. The summed E-state index contributed by atoms with van der Waals surface area (Å²) < 4.78 is 32.2. The van der Waals surface area contributed by atoms with E-state index in [9.17, 15) is 13.2 Å². The average molecular weight is 201 g/mol. The third-order valence-electron chi connectivity index (χ3n) is 0.583. The zero-order valence-electron chi connectivity index (χ0n) is 3.97. The molecule has 0 unspecified atom stereocenters. The molecule has 0 aromatic rings. The molecule has 0 heterocycles. The van der Waals surface area contributed by atoms with Crippen molar-refractivity contribution in [2.75, 3.05) is 6.67 Å². The monoisotopic (exact) mass is 200 g/mol. The summed E-state index contributed by atoms with van der Waals surface area (Å²) in [5.74, 6) is -3.89. The molecule has 0 fully saturated rings. The third-order valence-corrected chi connectivity index (χ3v) is 1.41. The summed E-state index contributed by atoms with van der Waals surface area (Å²) >= 11 is 14.0. The molecule has 0 N–H and O–H groups in total. The van der Waals surface area contributed by atoms with Gasteiger partial charge < -0.3 is 0 Å². The van der Waals surface area contributed by atoms with Crippen LogP contribution in [0.1, 0.15) is 0 Å². The van der Waals surface area contributed by atoms with Crippen molar-refractivity contribution in [3.63, 3.8) is 0 Å². The molecule has 0 spiro atoms. The lowest BCUT2D eigenvalue weighted by Gasteiger charge is -2.19. The Kier molecular flexibility index (Phi) is 2.92. The summed E-state index contributed by atoms with van der Waals surface area (Å²) in [5.41, 5.74) is 0. The van der Waals surface area contributed by atoms with Crippen LogP contribution in [0.15, 0.2) is 0 Å². The average Bonchev–Trinajstić information content (AvgIpc) is 1.64. The molecular weight excluding hydrogens is 199 g/mol. The fourth-order valence-corrected chi connectivity index (χ4v) is 0.227. The first-order chi connectivity index (χ1) is 3.81. The molecular formula is C3H2Cl3F3. The van der Waals surface area contributed by atoms with Crippen LogP contribution in [0.5, 0.6) is 0 Å². The van der Waals surface area contributed by atoms with Crippen LogP contribution in [-0.2, 0) is 0 Å². The first-order valence-electron chi connectivity index (χ1n) is 1.82. The molecule has 0 saturated heterocycles. The molecule has 0 amide bonds. The maximum atomic E-state index is 11.9. The van der Waals surface area contributed by atoms with Crippen molar-refractivity contribution in [1.82, 2.24) is 0 Å². The van der Waals surface area contributed by atoms with Gasteiger partial charge in [0, 0.05) is 0 Å². The normalized spacial score (nSPS) is 14.0. The second-order valence-corrected chi connectivity index (χ2v) is 3.62. The van der Waals surface area contributed by atoms with E-state index in [1.54, 1.807) is 0 Å². The van der Waals surface area contributed by atoms with Gasteiger partial charge in [0.25, 0.3) is 3.79 Å². The highest BCUT2D eigenvalue weighted by Crippen LogP contribution is 2.42. The lowest BCUT2D eigenvalue weighted by Crippen LogP contribution is -2.35. The van der Waals surface area contributed by atoms with E-state index in [4.69, 9.17) is 0 Å². The molecule has 0 nitrogen and oxygen atoms in total. The molecule has 0 aliphatic carbocycles. The molecule has 0 aromatic heterocycles. The molecule has 0 radical (unpaired) electrons. The standard InChI is InChI=1S/C3H2Cl3F3/c4-3(5,6)2(8,9)1-7/h1H2. The fraction of sp³-hybridized carbons (Fsp3) is 1.00. The molecule has 0 atom stereocenters. The Bertz CT molecular complexity index is 97.0. The van der Waals surface area contributed by atoms with Gasteiger partial charge in [-0.1, -0.05) is 34.8 Å². The molecule has 0 bridgehead atoms. The second kappa shape index (κ2) is 2.72. The van der Waals surface area contributed by atoms with Gasteiger partial charge in [0.1, 0.15) is 0 Å². The molecule has 0 saturated carbocycles. The van der Waals surface area contributed by atoms with E-state index >= 15 is 0 Å². The molecule has 9 heavy (non-hydrogen) atoms. The van der Waals surface area contributed by atoms with Crippen molar-refractivity contribution < 1.29 is 13.2 Å². The van der Waals surface area contributed by atoms with Gasteiger partial charge in [0.05, 0.1) is 0 Å². The Morgan fingerprint density at radius 3 is 1.44 bits per heavy atom. The van der Waals surface area contributed by atoms with Crippen LogP contribution < -0.4 is 0 Å². The zero-order valence-corrected chi connectivity index (χ0v) is 6.24. The Labute approximate surface area is 64.9 Å². The highest BCUT2D eigenvalue weighted by Gasteiger charge is 2.50. The van der Waals surface area contributed by atoms with Crippen molar-refractivity contribution in [1.29, 1.82) is 0 Å². The first-order valence-corrected chi connectivity index (χ1v) is 2.95. The van der Waals surface area contributed by atoms with Crippen molar-refractivity contribution in [3.8, 4) is 0 Å². The maximum Gasteiger partial charge on any atom is 0.321 e. The van der Waals surface area contributed by atoms with E-state index < -0.39 is 16.4 Å². The predicted octanol–water partition coefficient (Wildman–Crippen LogP) is 2.96. The highest BCUT2D eigenvalue weighted by atomic mass is 35.6. The van der Waals surface area contributed by atoms with E-state index in [2.05, 4.69) is 34.8 Å². The molecule has 0 rings (SSSR count). The summed E-state index contributed by atoms with van der Waals surface area (Å²) in [6, 6.07) is 0. The van der Waals surface area contributed by atoms with Crippen LogP contribution in [-0.4, -0.2) is 16.4 Å². The Hall–Kier alpha value is 0.660. The van der Waals surface area contributed by atoms with Crippen molar-refractivity contribution in [2.24, 2.45) is 0 Å². The minimum absolute atomic E-state index is 1.97. The summed E-state index contributed by atoms with van der Waals surface area (Å²) in [6.07, 6.45) is 0. The Morgan fingerprint density at radius 1 is 1.11 bits per heavy atom. The van der Waals surface area contributed by atoms with Gasteiger partial charge in [0.15, 0.2) is 6.67 Å². The van der Waals surface area contributed by atoms with Crippen molar-refractivity contribution >= 4 is 34.8 Å². The molecule has 0 aliphatic heterocycles. The van der Waals surface area contributed by atoms with E-state index in [-0.39, 0.29) is 0 Å². The van der Waals surface area contributed by atoms with Crippen molar-refractivity contribution in [2.45, 2.75) is 9.72 Å². The van der Waals surface area contributed by atoms with E-state index in [0.717, 1.165) is 0 Å². The van der Waals surface area contributed by atoms with Gasteiger partial charge in [-0.2, -0.15) is 8.78 Å². The van der Waals surface area contributed by atoms with E-state index in [0.29, 0.717) is 0 Å². The summed E-state index contributed by atoms with van der Waals surface area (Å²) in [6.45, 7) is -1.97. The minimum atomic E-state index is -3.89. The number of hydrogen-bond acceptors (Lipinski definition) is 0. The Morgan fingerprint density at radius 2 is 1.44 bits per heavy atom. The van der Waals surface area contributed by atoms with Gasteiger partial charge in [0.2, 0.25) is 0 Å². The van der Waals surface area contributed by atoms with Crippen LogP contribution in [0, 0.1) is 0 Å². The molecule has 6 heteroatoms. The van der Waals surface area contributed by atoms with Gasteiger partial charge in [-0.25, -0.2) is 4.39 Å². The number of alkyl halides is 6. The first kappa shape index (κ1) is 9.66. The number of halogens is 6. The van der Waals surface area contributed by atoms with Gasteiger partial charge in [-0.15, -0.1) is 0 Å². The van der Waals surface area contributed by atoms with Crippen LogP contribution in [0.4, 0.5) is 13.2 Å². The van der Waals surface area contributed by atoms with E-state index in [1.165, 1.54) is 0 Å². The lowest BCUT2D eigenvalue weighted by atomic mass is 10.4. The summed E-state index contributed by atoms with van der Waals surface area (Å²) in [7, 11) is 0. The fourth-order valence-electron chi connectivity index (χ4n) is 0.0758. The minimum Gasteiger partial charge on any atom is -0.244 e. The summed E-state index contributed by atoms with van der Waals surface area (Å²) in [5, 5.41) is 0. The molecule has 0 aliphatic rings. The Balaban J connectivity index is 4.14. The van der Waals surface area contributed by atoms with Crippen LogP contribution in [0.3, 0.4) is 0 Å². The van der Waals surface area contributed by atoms with Crippen LogP contribution in [0.25, 0.3) is 0 Å². The van der Waals surface area contributed by atoms with Crippen LogP contribution in [0.2, 0.25) is 0 Å². The van der Waals surface area contributed by atoms with Crippen LogP contribution >= 0.6 is 34.8 Å². The SMILES string of the molecule is FCC(F)(F)C(Cl)(Cl)Cl. The van der Waals surface area contributed by atoms with Gasteiger partial charge in [-0.3, -0.25) is 0 Å². The predicted molar refractivity (Wildman–Crippen MR) is 31.2 cm³/mol. The number of rotatable bonds is 1.